The molecule has 0 bridgehead atoms. The lowest BCUT2D eigenvalue weighted by Gasteiger charge is -2.12. The summed E-state index contributed by atoms with van der Waals surface area (Å²) in [6.07, 6.45) is 0.171. The van der Waals surface area contributed by atoms with Crippen LogP contribution in [0.5, 0.6) is 5.75 Å². The van der Waals surface area contributed by atoms with Crippen molar-refractivity contribution in [2.24, 2.45) is 5.73 Å². The van der Waals surface area contributed by atoms with E-state index in [0.717, 1.165) is 0 Å². The van der Waals surface area contributed by atoms with Gasteiger partial charge in [0.15, 0.2) is 0 Å². The molecule has 0 radical (unpaired) electrons. The average molecular weight is 227 g/mol. The normalized spacial score (nSPS) is 10.8. The second-order valence-corrected chi connectivity index (χ2v) is 3.69. The van der Waals surface area contributed by atoms with Crippen LogP contribution in [0, 0.1) is 5.82 Å². The Hall–Kier alpha value is -1.13. The number of rotatable bonds is 6. The Labute approximate surface area is 95.4 Å². The number of benzene rings is 1. The largest absolute Gasteiger partial charge is 0.491 e. The molecule has 2 N–H and O–H groups in total. The zero-order valence-corrected chi connectivity index (χ0v) is 9.70. The van der Waals surface area contributed by atoms with Crippen molar-refractivity contribution in [3.8, 4) is 5.75 Å². The Bertz CT molecular complexity index is 329. The minimum Gasteiger partial charge on any atom is -0.491 e. The van der Waals surface area contributed by atoms with E-state index in [2.05, 4.69) is 0 Å². The highest BCUT2D eigenvalue weighted by molar-refractivity contribution is 5.34. The van der Waals surface area contributed by atoms with E-state index in [9.17, 15) is 4.39 Å². The molecule has 16 heavy (non-hydrogen) atoms. The van der Waals surface area contributed by atoms with E-state index in [1.807, 2.05) is 13.8 Å². The zero-order valence-electron chi connectivity index (χ0n) is 9.70. The maximum atomic E-state index is 13.3. The SMILES string of the molecule is CC(C)OCCOc1cccc(F)c1CN. The van der Waals surface area contributed by atoms with Crippen molar-refractivity contribution in [1.29, 1.82) is 0 Å². The van der Waals surface area contributed by atoms with Crippen LogP contribution in [0.1, 0.15) is 19.4 Å². The lowest BCUT2D eigenvalue weighted by molar-refractivity contribution is 0.0550. The van der Waals surface area contributed by atoms with E-state index in [1.54, 1.807) is 12.1 Å². The molecule has 3 nitrogen and oxygen atoms in total. The third kappa shape index (κ3) is 3.79. The predicted octanol–water partition coefficient (Wildman–Crippen LogP) is 2.09. The van der Waals surface area contributed by atoms with Gasteiger partial charge in [-0.25, -0.2) is 4.39 Å². The van der Waals surface area contributed by atoms with Gasteiger partial charge in [0.2, 0.25) is 0 Å². The summed E-state index contributed by atoms with van der Waals surface area (Å²) >= 11 is 0. The third-order valence-electron chi connectivity index (χ3n) is 2.07. The monoisotopic (exact) mass is 227 g/mol. The molecule has 0 saturated carbocycles. The Kier molecular flexibility index (Phi) is 5.22. The molecule has 0 aliphatic rings. The van der Waals surface area contributed by atoms with E-state index < -0.39 is 0 Å². The minimum atomic E-state index is -0.329. The summed E-state index contributed by atoms with van der Waals surface area (Å²) in [7, 11) is 0. The van der Waals surface area contributed by atoms with Crippen LogP contribution in [-0.4, -0.2) is 19.3 Å². The lowest BCUT2D eigenvalue weighted by atomic mass is 10.2. The van der Waals surface area contributed by atoms with Crippen LogP contribution in [0.15, 0.2) is 18.2 Å². The summed E-state index contributed by atoms with van der Waals surface area (Å²) in [6.45, 7) is 4.92. The zero-order chi connectivity index (χ0) is 12.0. The molecule has 0 unspecified atom stereocenters. The van der Waals surface area contributed by atoms with Gasteiger partial charge in [-0.1, -0.05) is 6.07 Å². The fourth-order valence-electron chi connectivity index (χ4n) is 1.31. The average Bonchev–Trinajstić information content (AvgIpc) is 2.24. The smallest absolute Gasteiger partial charge is 0.131 e. The molecular formula is C12H18FNO2. The second-order valence-electron chi connectivity index (χ2n) is 3.69. The van der Waals surface area contributed by atoms with Gasteiger partial charge in [0.1, 0.15) is 18.2 Å². The van der Waals surface area contributed by atoms with Crippen molar-refractivity contribution in [2.45, 2.75) is 26.5 Å². The van der Waals surface area contributed by atoms with Gasteiger partial charge in [-0.2, -0.15) is 0 Å². The molecule has 0 atom stereocenters. The quantitative estimate of drug-likeness (QED) is 0.757. The van der Waals surface area contributed by atoms with Crippen molar-refractivity contribution in [1.82, 2.24) is 0 Å². The highest BCUT2D eigenvalue weighted by Gasteiger charge is 2.07. The van der Waals surface area contributed by atoms with Crippen LogP contribution in [0.2, 0.25) is 0 Å². The topological polar surface area (TPSA) is 44.5 Å². The predicted molar refractivity (Wildman–Crippen MR) is 60.9 cm³/mol. The summed E-state index contributed by atoms with van der Waals surface area (Å²) in [6, 6.07) is 4.69. The van der Waals surface area contributed by atoms with Crippen LogP contribution in [0.3, 0.4) is 0 Å². The number of hydrogen-bond acceptors (Lipinski definition) is 3. The molecule has 1 rings (SSSR count). The third-order valence-corrected chi connectivity index (χ3v) is 2.07. The van der Waals surface area contributed by atoms with Gasteiger partial charge >= 0.3 is 0 Å². The summed E-state index contributed by atoms with van der Waals surface area (Å²) < 4.78 is 24.0. The van der Waals surface area contributed by atoms with Gasteiger partial charge in [0.05, 0.1) is 12.7 Å². The van der Waals surface area contributed by atoms with Crippen molar-refractivity contribution in [2.75, 3.05) is 13.2 Å². The first-order chi connectivity index (χ1) is 7.65. The van der Waals surface area contributed by atoms with E-state index in [1.165, 1.54) is 6.07 Å². The summed E-state index contributed by atoms with van der Waals surface area (Å²) in [5.74, 6) is 0.166. The van der Waals surface area contributed by atoms with Gasteiger partial charge < -0.3 is 15.2 Å². The molecule has 4 heteroatoms. The Morgan fingerprint density at radius 2 is 2.06 bits per heavy atom. The fourth-order valence-corrected chi connectivity index (χ4v) is 1.31. The van der Waals surface area contributed by atoms with Crippen LogP contribution in [0.4, 0.5) is 4.39 Å². The van der Waals surface area contributed by atoms with Gasteiger partial charge in [-0.3, -0.25) is 0 Å². The fraction of sp³-hybridized carbons (Fsp3) is 0.500. The molecule has 0 amide bonds. The van der Waals surface area contributed by atoms with Gasteiger partial charge in [0.25, 0.3) is 0 Å². The molecule has 1 aromatic carbocycles. The molecule has 0 aromatic heterocycles. The maximum Gasteiger partial charge on any atom is 0.131 e. The number of ether oxygens (including phenoxy) is 2. The van der Waals surface area contributed by atoms with Crippen LogP contribution in [-0.2, 0) is 11.3 Å². The number of halogens is 1. The van der Waals surface area contributed by atoms with Crippen molar-refractivity contribution < 1.29 is 13.9 Å². The summed E-state index contributed by atoms with van der Waals surface area (Å²) in [5.41, 5.74) is 5.86. The molecule has 0 fully saturated rings. The summed E-state index contributed by atoms with van der Waals surface area (Å²) in [5, 5.41) is 0. The Morgan fingerprint density at radius 1 is 1.31 bits per heavy atom. The van der Waals surface area contributed by atoms with E-state index in [0.29, 0.717) is 24.5 Å². The second kappa shape index (κ2) is 6.45. The van der Waals surface area contributed by atoms with Crippen LogP contribution in [0.25, 0.3) is 0 Å². The van der Waals surface area contributed by atoms with Crippen LogP contribution >= 0.6 is 0 Å². The van der Waals surface area contributed by atoms with E-state index in [-0.39, 0.29) is 18.5 Å². The van der Waals surface area contributed by atoms with Crippen molar-refractivity contribution in [3.63, 3.8) is 0 Å². The molecule has 0 heterocycles. The summed E-state index contributed by atoms with van der Waals surface area (Å²) in [4.78, 5) is 0. The van der Waals surface area contributed by atoms with Crippen molar-refractivity contribution >= 4 is 0 Å². The van der Waals surface area contributed by atoms with Gasteiger partial charge in [-0.15, -0.1) is 0 Å². The first kappa shape index (κ1) is 12.9. The molecule has 0 aliphatic heterocycles. The van der Waals surface area contributed by atoms with E-state index >= 15 is 0 Å². The van der Waals surface area contributed by atoms with Crippen molar-refractivity contribution in [3.05, 3.63) is 29.6 Å². The molecular weight excluding hydrogens is 209 g/mol. The molecule has 0 spiro atoms. The Balaban J connectivity index is 2.50. The number of nitrogens with two attached hydrogens (primary N) is 1. The molecule has 1 aromatic rings. The van der Waals surface area contributed by atoms with Gasteiger partial charge in [-0.05, 0) is 26.0 Å². The van der Waals surface area contributed by atoms with Crippen LogP contribution < -0.4 is 10.5 Å². The van der Waals surface area contributed by atoms with E-state index in [4.69, 9.17) is 15.2 Å². The van der Waals surface area contributed by atoms with Gasteiger partial charge in [0, 0.05) is 12.1 Å². The Morgan fingerprint density at radius 3 is 2.69 bits per heavy atom. The maximum absolute atomic E-state index is 13.3. The minimum absolute atomic E-state index is 0.132. The number of hydrogen-bond donors (Lipinski definition) is 1. The molecule has 90 valence electrons. The highest BCUT2D eigenvalue weighted by atomic mass is 19.1. The first-order valence-electron chi connectivity index (χ1n) is 5.37. The highest BCUT2D eigenvalue weighted by Crippen LogP contribution is 2.20. The molecule has 0 saturated heterocycles. The standard InChI is InChI=1S/C12H18FNO2/c1-9(2)15-6-7-16-12-5-3-4-11(13)10(12)8-14/h3-5,9H,6-8,14H2,1-2H3. The lowest BCUT2D eigenvalue weighted by Crippen LogP contribution is -2.13. The molecule has 0 aliphatic carbocycles. The first-order valence-corrected chi connectivity index (χ1v) is 5.37.